The van der Waals surface area contributed by atoms with E-state index in [-0.39, 0.29) is 12.3 Å². The van der Waals surface area contributed by atoms with Crippen LogP contribution in [0.4, 0.5) is 0 Å². The summed E-state index contributed by atoms with van der Waals surface area (Å²) in [6.07, 6.45) is 0.429. The number of aliphatic hydroxyl groups excluding tert-OH is 2. The van der Waals surface area contributed by atoms with Gasteiger partial charge in [0.05, 0.1) is 18.8 Å². The first-order valence-corrected chi connectivity index (χ1v) is 9.73. The number of carbonyl (C=O) groups excluding carboxylic acids is 3. The highest BCUT2D eigenvalue weighted by molar-refractivity contribution is 5.94. The van der Waals surface area contributed by atoms with Crippen LogP contribution in [0.5, 0.6) is 0 Å². The minimum atomic E-state index is -1.50. The molecule has 0 aromatic carbocycles. The van der Waals surface area contributed by atoms with Crippen molar-refractivity contribution in [1.29, 1.82) is 0 Å². The Balaban J connectivity index is 2.84. The Morgan fingerprint density at radius 3 is 2.10 bits per heavy atom. The van der Waals surface area contributed by atoms with E-state index in [9.17, 15) is 24.3 Å². The standard InChI is InChI=1S/C18H32N4O7/c1-9(2)7-12(16(26)21-13(8-23)18(28)29)20-17(27)14(10(3)24)22-15(25)11-5-4-6-19-11/h9-14,19,23-24H,4-8H2,1-3H3,(H,20,27)(H,21,26)(H,22,25)(H,28,29). The van der Waals surface area contributed by atoms with Crippen LogP contribution in [0, 0.1) is 5.92 Å². The molecule has 1 fully saturated rings. The van der Waals surface area contributed by atoms with Gasteiger partial charge in [0.2, 0.25) is 17.7 Å². The van der Waals surface area contributed by atoms with E-state index in [1.54, 1.807) is 0 Å². The van der Waals surface area contributed by atoms with E-state index in [0.29, 0.717) is 13.0 Å². The van der Waals surface area contributed by atoms with Crippen molar-refractivity contribution in [2.45, 2.75) is 70.3 Å². The maximum Gasteiger partial charge on any atom is 0.328 e. The van der Waals surface area contributed by atoms with Crippen LogP contribution in [0.2, 0.25) is 0 Å². The Morgan fingerprint density at radius 2 is 1.66 bits per heavy atom. The molecule has 0 bridgehead atoms. The number of amides is 3. The second kappa shape index (κ2) is 11.7. The first-order valence-electron chi connectivity index (χ1n) is 9.73. The molecule has 1 heterocycles. The summed E-state index contributed by atoms with van der Waals surface area (Å²) in [5, 5.41) is 38.2. The van der Waals surface area contributed by atoms with Gasteiger partial charge in [0.1, 0.15) is 18.1 Å². The predicted molar refractivity (Wildman–Crippen MR) is 103 cm³/mol. The van der Waals surface area contributed by atoms with E-state index in [0.717, 1.165) is 6.42 Å². The van der Waals surface area contributed by atoms with Crippen molar-refractivity contribution in [2.75, 3.05) is 13.2 Å². The SMILES string of the molecule is CC(C)CC(NC(=O)C(NC(=O)C1CCCN1)C(C)O)C(=O)NC(CO)C(=O)O. The Bertz CT molecular complexity index is 591. The number of hydrogen-bond donors (Lipinski definition) is 7. The van der Waals surface area contributed by atoms with E-state index >= 15 is 0 Å². The third-order valence-corrected chi connectivity index (χ3v) is 4.58. The molecule has 5 atom stereocenters. The van der Waals surface area contributed by atoms with Crippen molar-refractivity contribution in [1.82, 2.24) is 21.3 Å². The molecule has 0 saturated carbocycles. The van der Waals surface area contributed by atoms with Crippen LogP contribution in [0.25, 0.3) is 0 Å². The highest BCUT2D eigenvalue weighted by Crippen LogP contribution is 2.08. The number of hydrogen-bond acceptors (Lipinski definition) is 7. The number of rotatable bonds is 11. The van der Waals surface area contributed by atoms with Crippen molar-refractivity contribution in [3.05, 3.63) is 0 Å². The van der Waals surface area contributed by atoms with E-state index < -0.39 is 60.6 Å². The Hall–Kier alpha value is -2.24. The Morgan fingerprint density at radius 1 is 1.03 bits per heavy atom. The third kappa shape index (κ3) is 7.95. The monoisotopic (exact) mass is 416 g/mol. The number of nitrogens with one attached hydrogen (secondary N) is 4. The van der Waals surface area contributed by atoms with Crippen LogP contribution in [0.1, 0.15) is 40.0 Å². The van der Waals surface area contributed by atoms with Gasteiger partial charge < -0.3 is 36.6 Å². The lowest BCUT2D eigenvalue weighted by molar-refractivity contribution is -0.143. The Labute approximate surface area is 169 Å². The third-order valence-electron chi connectivity index (χ3n) is 4.58. The fourth-order valence-electron chi connectivity index (χ4n) is 2.99. The van der Waals surface area contributed by atoms with E-state index in [4.69, 9.17) is 10.2 Å². The lowest BCUT2D eigenvalue weighted by Crippen LogP contribution is -2.60. The topological polar surface area (TPSA) is 177 Å². The first-order chi connectivity index (χ1) is 13.6. The average molecular weight is 416 g/mol. The van der Waals surface area contributed by atoms with Crippen molar-refractivity contribution >= 4 is 23.7 Å². The van der Waals surface area contributed by atoms with Crippen LogP contribution in [0.15, 0.2) is 0 Å². The summed E-state index contributed by atoms with van der Waals surface area (Å²) in [6.45, 7) is 4.86. The smallest absolute Gasteiger partial charge is 0.328 e. The summed E-state index contributed by atoms with van der Waals surface area (Å²) in [6, 6.07) is -4.33. The van der Waals surface area contributed by atoms with Crippen molar-refractivity contribution in [3.63, 3.8) is 0 Å². The number of carboxylic acid groups (broad SMARTS) is 1. The number of carbonyl (C=O) groups is 4. The molecule has 0 aromatic heterocycles. The predicted octanol–water partition coefficient (Wildman–Crippen LogP) is -2.30. The largest absolute Gasteiger partial charge is 0.480 e. The van der Waals surface area contributed by atoms with Crippen LogP contribution in [0.3, 0.4) is 0 Å². The fourth-order valence-corrected chi connectivity index (χ4v) is 2.99. The molecule has 3 amide bonds. The summed E-state index contributed by atoms with van der Waals surface area (Å²) >= 11 is 0. The van der Waals surface area contributed by atoms with Crippen LogP contribution < -0.4 is 21.3 Å². The molecule has 0 radical (unpaired) electrons. The highest BCUT2D eigenvalue weighted by Gasteiger charge is 2.33. The van der Waals surface area contributed by atoms with Crippen molar-refractivity contribution < 1.29 is 34.5 Å². The van der Waals surface area contributed by atoms with E-state index in [1.807, 2.05) is 13.8 Å². The number of aliphatic carboxylic acids is 1. The van der Waals surface area contributed by atoms with Gasteiger partial charge in [0, 0.05) is 0 Å². The van der Waals surface area contributed by atoms with Gasteiger partial charge in [-0.1, -0.05) is 13.8 Å². The summed E-state index contributed by atoms with van der Waals surface area (Å²) in [5.41, 5.74) is 0. The molecule has 11 nitrogen and oxygen atoms in total. The highest BCUT2D eigenvalue weighted by atomic mass is 16.4. The molecule has 0 spiro atoms. The zero-order valence-corrected chi connectivity index (χ0v) is 17.0. The minimum absolute atomic E-state index is 0.0225. The van der Waals surface area contributed by atoms with Gasteiger partial charge >= 0.3 is 5.97 Å². The molecule has 1 saturated heterocycles. The van der Waals surface area contributed by atoms with Gasteiger partial charge in [-0.15, -0.1) is 0 Å². The first kappa shape index (κ1) is 24.8. The second-order valence-electron chi connectivity index (χ2n) is 7.65. The van der Waals surface area contributed by atoms with Crippen molar-refractivity contribution in [2.24, 2.45) is 5.92 Å². The molecule has 1 rings (SSSR count). The summed E-state index contributed by atoms with van der Waals surface area (Å²) < 4.78 is 0. The zero-order valence-electron chi connectivity index (χ0n) is 17.0. The number of carboxylic acids is 1. The molecule has 29 heavy (non-hydrogen) atoms. The molecule has 11 heteroatoms. The minimum Gasteiger partial charge on any atom is -0.480 e. The van der Waals surface area contributed by atoms with Crippen LogP contribution >= 0.6 is 0 Å². The molecule has 166 valence electrons. The molecular weight excluding hydrogens is 384 g/mol. The maximum atomic E-state index is 12.7. The molecule has 5 unspecified atom stereocenters. The fraction of sp³-hybridized carbons (Fsp3) is 0.778. The summed E-state index contributed by atoms with van der Waals surface area (Å²) in [4.78, 5) is 48.4. The van der Waals surface area contributed by atoms with Gasteiger partial charge in [-0.3, -0.25) is 14.4 Å². The normalized spacial score (nSPS) is 20.4. The van der Waals surface area contributed by atoms with E-state index in [1.165, 1.54) is 6.92 Å². The van der Waals surface area contributed by atoms with Gasteiger partial charge in [0.25, 0.3) is 0 Å². The van der Waals surface area contributed by atoms with Crippen LogP contribution in [-0.4, -0.2) is 82.4 Å². The molecule has 0 aliphatic carbocycles. The van der Waals surface area contributed by atoms with E-state index in [2.05, 4.69) is 21.3 Å². The Kier molecular flexibility index (Phi) is 9.99. The maximum absolute atomic E-state index is 12.7. The number of aliphatic hydroxyl groups is 2. The second-order valence-corrected chi connectivity index (χ2v) is 7.65. The summed E-state index contributed by atoms with van der Waals surface area (Å²) in [5.74, 6) is -3.39. The molecule has 1 aliphatic rings. The summed E-state index contributed by atoms with van der Waals surface area (Å²) in [7, 11) is 0. The van der Waals surface area contributed by atoms with Gasteiger partial charge in [-0.05, 0) is 38.6 Å². The molecule has 1 aliphatic heterocycles. The molecular formula is C18H32N4O7. The average Bonchev–Trinajstić information content (AvgIpc) is 3.16. The molecule has 0 aromatic rings. The van der Waals surface area contributed by atoms with Gasteiger partial charge in [0.15, 0.2) is 0 Å². The quantitative estimate of drug-likeness (QED) is 0.196. The zero-order chi connectivity index (χ0) is 22.1. The molecule has 7 N–H and O–H groups in total. The van der Waals surface area contributed by atoms with Gasteiger partial charge in [-0.2, -0.15) is 0 Å². The van der Waals surface area contributed by atoms with Gasteiger partial charge in [-0.25, -0.2) is 4.79 Å². The lowest BCUT2D eigenvalue weighted by atomic mass is 10.0. The lowest BCUT2D eigenvalue weighted by Gasteiger charge is -2.27. The van der Waals surface area contributed by atoms with Crippen LogP contribution in [-0.2, 0) is 19.2 Å². The van der Waals surface area contributed by atoms with Crippen molar-refractivity contribution in [3.8, 4) is 0 Å².